The van der Waals surface area contributed by atoms with E-state index in [1.165, 1.54) is 17.6 Å². The van der Waals surface area contributed by atoms with Gasteiger partial charge in [0.1, 0.15) is 5.58 Å². The van der Waals surface area contributed by atoms with Crippen LogP contribution in [0.1, 0.15) is 52.8 Å². The van der Waals surface area contributed by atoms with Crippen LogP contribution in [-0.2, 0) is 21.4 Å². The Balaban J connectivity index is 1.87. The fourth-order valence-corrected chi connectivity index (χ4v) is 6.53. The molecule has 0 saturated carbocycles. The number of thiazole rings is 1. The van der Waals surface area contributed by atoms with Crippen molar-refractivity contribution in [3.63, 3.8) is 0 Å². The lowest BCUT2D eigenvalue weighted by molar-refractivity contribution is -0.132. The van der Waals surface area contributed by atoms with Crippen molar-refractivity contribution in [1.29, 1.82) is 0 Å². The molecule has 38 heavy (non-hydrogen) atoms. The number of amides is 1. The molecular formula is C28H42N4O4S2. The van der Waals surface area contributed by atoms with E-state index in [0.717, 1.165) is 23.4 Å². The van der Waals surface area contributed by atoms with E-state index in [1.54, 1.807) is 36.0 Å². The molecule has 0 radical (unpaired) electrons. The number of rotatable bonds is 15. The number of furan rings is 1. The van der Waals surface area contributed by atoms with E-state index < -0.39 is 16.1 Å². The summed E-state index contributed by atoms with van der Waals surface area (Å²) in [5.74, 6) is 1.03. The Morgan fingerprint density at radius 1 is 1.00 bits per heavy atom. The van der Waals surface area contributed by atoms with Crippen LogP contribution < -0.4 is 4.72 Å². The summed E-state index contributed by atoms with van der Waals surface area (Å²) in [6.45, 7) is 15.9. The van der Waals surface area contributed by atoms with Gasteiger partial charge in [-0.25, -0.2) is 13.1 Å². The molecule has 10 heteroatoms. The molecular weight excluding hydrogens is 520 g/mol. The molecule has 0 aliphatic rings. The second-order valence-corrected chi connectivity index (χ2v) is 14.0. The average Bonchev–Trinajstić information content (AvgIpc) is 3.48. The molecule has 0 fully saturated rings. The summed E-state index contributed by atoms with van der Waals surface area (Å²) in [4.78, 5) is 23.1. The Labute approximate surface area is 231 Å². The zero-order chi connectivity index (χ0) is 27.9. The van der Waals surface area contributed by atoms with Gasteiger partial charge < -0.3 is 14.2 Å². The predicted molar refractivity (Wildman–Crippen MR) is 153 cm³/mol. The maximum absolute atomic E-state index is 13.6. The normalized spacial score (nSPS) is 13.3. The zero-order valence-electron chi connectivity index (χ0n) is 23.4. The first-order valence-electron chi connectivity index (χ1n) is 13.3. The van der Waals surface area contributed by atoms with Crippen molar-refractivity contribution < 1.29 is 17.6 Å². The van der Waals surface area contributed by atoms with Crippen molar-refractivity contribution in [3.05, 3.63) is 47.1 Å². The number of sulfonamides is 1. The average molecular weight is 563 g/mol. The number of nitrogens with zero attached hydrogens (tertiary/aromatic N) is 3. The number of hydrogen-bond donors (Lipinski definition) is 1. The highest BCUT2D eigenvalue weighted by Gasteiger charge is 2.28. The molecule has 2 aromatic heterocycles. The molecule has 0 unspecified atom stereocenters. The summed E-state index contributed by atoms with van der Waals surface area (Å²) >= 11 is 1.52. The second kappa shape index (κ2) is 13.7. The summed E-state index contributed by atoms with van der Waals surface area (Å²) in [5, 5.41) is 0.717. The van der Waals surface area contributed by atoms with Crippen molar-refractivity contribution in [2.75, 3.05) is 26.2 Å². The first-order chi connectivity index (χ1) is 17.9. The van der Waals surface area contributed by atoms with E-state index in [9.17, 15) is 13.2 Å². The van der Waals surface area contributed by atoms with Gasteiger partial charge in [0, 0.05) is 55.1 Å². The first kappa shape index (κ1) is 30.3. The van der Waals surface area contributed by atoms with E-state index in [2.05, 4.69) is 56.1 Å². The van der Waals surface area contributed by atoms with Gasteiger partial charge in [-0.2, -0.15) is 0 Å². The molecule has 8 nitrogen and oxygen atoms in total. The highest BCUT2D eigenvalue weighted by atomic mass is 32.2. The molecule has 210 valence electrons. The third-order valence-electron chi connectivity index (χ3n) is 5.97. The van der Waals surface area contributed by atoms with Crippen LogP contribution in [0, 0.1) is 17.8 Å². The van der Waals surface area contributed by atoms with Crippen molar-refractivity contribution in [2.24, 2.45) is 17.8 Å². The molecule has 0 bridgehead atoms. The molecule has 2 heterocycles. The second-order valence-electron chi connectivity index (χ2n) is 11.3. The Kier molecular flexibility index (Phi) is 10.9. The fourth-order valence-electron chi connectivity index (χ4n) is 4.65. The maximum Gasteiger partial charge on any atom is 0.240 e. The summed E-state index contributed by atoms with van der Waals surface area (Å²) in [6.07, 6.45) is 3.40. The number of aromatic nitrogens is 1. The highest BCUT2D eigenvalue weighted by Crippen LogP contribution is 2.21. The molecule has 1 atom stereocenters. The molecule has 0 aliphatic heterocycles. The third kappa shape index (κ3) is 9.18. The Morgan fingerprint density at radius 2 is 1.68 bits per heavy atom. The standard InChI is InChI=1S/C28H42N4O4S2/c1-20(2)14-31(15-21(3)4)17-24(12-28(33)32(16-22(5)6)18-25-13-29-19-37-25)30-38(34,35)26-7-8-27-23(11-26)9-10-36-27/h7-11,13,19-22,24,30H,12,14-18H2,1-6H3/t24-/m0/s1. The van der Waals surface area contributed by atoms with Crippen LogP contribution in [0.25, 0.3) is 11.0 Å². The van der Waals surface area contributed by atoms with Crippen LogP contribution >= 0.6 is 11.3 Å². The number of carbonyl (C=O) groups is 1. The molecule has 0 aliphatic carbocycles. The predicted octanol–water partition coefficient (Wildman–Crippen LogP) is 5.23. The summed E-state index contributed by atoms with van der Waals surface area (Å²) in [6, 6.07) is 5.97. The van der Waals surface area contributed by atoms with Crippen LogP contribution in [0.15, 0.2) is 51.5 Å². The smallest absolute Gasteiger partial charge is 0.240 e. The molecule has 1 N–H and O–H groups in total. The largest absolute Gasteiger partial charge is 0.464 e. The lowest BCUT2D eigenvalue weighted by atomic mass is 10.1. The molecule has 3 aromatic rings. The van der Waals surface area contributed by atoms with Crippen LogP contribution in [0.5, 0.6) is 0 Å². The summed E-state index contributed by atoms with van der Waals surface area (Å²) in [7, 11) is -3.87. The maximum atomic E-state index is 13.6. The summed E-state index contributed by atoms with van der Waals surface area (Å²) < 4.78 is 35.3. The van der Waals surface area contributed by atoms with Gasteiger partial charge in [0.15, 0.2) is 0 Å². The lowest BCUT2D eigenvalue weighted by Gasteiger charge is -2.32. The monoisotopic (exact) mass is 562 g/mol. The van der Waals surface area contributed by atoms with Crippen molar-refractivity contribution >= 4 is 38.2 Å². The van der Waals surface area contributed by atoms with E-state index in [-0.39, 0.29) is 23.1 Å². The van der Waals surface area contributed by atoms with Gasteiger partial charge in [0.2, 0.25) is 15.9 Å². The van der Waals surface area contributed by atoms with Crippen LogP contribution in [0.2, 0.25) is 0 Å². The molecule has 1 amide bonds. The van der Waals surface area contributed by atoms with E-state index in [1.807, 2.05) is 4.90 Å². The van der Waals surface area contributed by atoms with Crippen LogP contribution in [0.4, 0.5) is 0 Å². The van der Waals surface area contributed by atoms with E-state index in [4.69, 9.17) is 4.42 Å². The van der Waals surface area contributed by atoms with Gasteiger partial charge >= 0.3 is 0 Å². The van der Waals surface area contributed by atoms with E-state index >= 15 is 0 Å². The van der Waals surface area contributed by atoms with Crippen molar-refractivity contribution in [2.45, 2.75) is 65.4 Å². The number of nitrogens with one attached hydrogen (secondary N) is 1. The fraction of sp³-hybridized carbons (Fsp3) is 0.571. The Morgan fingerprint density at radius 3 is 2.29 bits per heavy atom. The zero-order valence-corrected chi connectivity index (χ0v) is 25.0. The minimum Gasteiger partial charge on any atom is -0.464 e. The van der Waals surface area contributed by atoms with Crippen LogP contribution in [0.3, 0.4) is 0 Å². The van der Waals surface area contributed by atoms with Gasteiger partial charge in [0.05, 0.1) is 23.2 Å². The topological polar surface area (TPSA) is 95.8 Å². The number of hydrogen-bond acceptors (Lipinski definition) is 7. The number of benzene rings is 1. The van der Waals surface area contributed by atoms with Crippen LogP contribution in [-0.4, -0.2) is 61.3 Å². The van der Waals surface area contributed by atoms with E-state index in [0.29, 0.717) is 37.1 Å². The van der Waals surface area contributed by atoms with Crippen molar-refractivity contribution in [3.8, 4) is 0 Å². The number of carbonyl (C=O) groups excluding carboxylic acids is 1. The lowest BCUT2D eigenvalue weighted by Crippen LogP contribution is -2.48. The quantitative estimate of drug-likeness (QED) is 0.273. The molecule has 0 spiro atoms. The highest BCUT2D eigenvalue weighted by molar-refractivity contribution is 7.89. The SMILES string of the molecule is CC(C)CN(CC(C)C)C[C@H](CC(=O)N(Cc1cncs1)CC(C)C)NS(=O)(=O)c1ccc2occc2c1. The minimum atomic E-state index is -3.87. The Bertz CT molecular complexity index is 1240. The number of fused-ring (bicyclic) bond motifs is 1. The van der Waals surface area contributed by atoms with Gasteiger partial charge in [-0.1, -0.05) is 41.5 Å². The molecule has 0 saturated heterocycles. The summed E-state index contributed by atoms with van der Waals surface area (Å²) in [5.41, 5.74) is 2.39. The van der Waals surface area contributed by atoms with Gasteiger partial charge in [-0.05, 0) is 42.0 Å². The third-order valence-corrected chi connectivity index (χ3v) is 8.25. The van der Waals surface area contributed by atoms with Crippen molar-refractivity contribution in [1.82, 2.24) is 19.5 Å². The van der Waals surface area contributed by atoms with Gasteiger partial charge in [-0.15, -0.1) is 11.3 Å². The van der Waals surface area contributed by atoms with Gasteiger partial charge in [-0.3, -0.25) is 9.78 Å². The van der Waals surface area contributed by atoms with Gasteiger partial charge in [0.25, 0.3) is 0 Å². The Hall–Kier alpha value is -2.27. The molecule has 1 aromatic carbocycles. The first-order valence-corrected chi connectivity index (χ1v) is 15.7. The minimum absolute atomic E-state index is 0.0702. The molecule has 3 rings (SSSR count).